The fourth-order valence-electron chi connectivity index (χ4n) is 2.36. The van der Waals surface area contributed by atoms with Crippen LogP contribution >= 0.6 is 11.8 Å². The molecule has 0 unspecified atom stereocenters. The molecule has 3 rings (SSSR count). The van der Waals surface area contributed by atoms with E-state index < -0.39 is 0 Å². The van der Waals surface area contributed by atoms with Gasteiger partial charge in [0.1, 0.15) is 5.75 Å². The second-order valence-corrected chi connectivity index (χ2v) is 5.99. The molecular weight excluding hydrogens is 294 g/mol. The number of Topliss-reactive ketones (excluding diaryl/α,β-unsaturated/α-hetero) is 1. The third-order valence-electron chi connectivity index (χ3n) is 3.40. The van der Waals surface area contributed by atoms with Crippen LogP contribution in [0.4, 0.5) is 5.69 Å². The molecule has 0 saturated carbocycles. The molecule has 2 aromatic rings. The third kappa shape index (κ3) is 2.74. The van der Waals surface area contributed by atoms with Crippen molar-refractivity contribution in [1.29, 1.82) is 0 Å². The Morgan fingerprint density at radius 3 is 2.64 bits per heavy atom. The van der Waals surface area contributed by atoms with Gasteiger partial charge in [-0.15, -0.1) is 0 Å². The van der Waals surface area contributed by atoms with Gasteiger partial charge in [-0.1, -0.05) is 48.2 Å². The van der Waals surface area contributed by atoms with E-state index in [1.54, 1.807) is 0 Å². The molecular formula is C18H17NO2S. The number of hydrogen-bond acceptors (Lipinski definition) is 4. The predicted octanol–water partition coefficient (Wildman–Crippen LogP) is 4.72. The van der Waals surface area contributed by atoms with E-state index in [1.165, 1.54) is 11.8 Å². The lowest BCUT2D eigenvalue weighted by Gasteiger charge is -2.23. The van der Waals surface area contributed by atoms with Gasteiger partial charge in [-0.3, -0.25) is 4.79 Å². The first-order valence-corrected chi connectivity index (χ1v) is 8.03. The highest BCUT2D eigenvalue weighted by Crippen LogP contribution is 2.45. The van der Waals surface area contributed by atoms with E-state index in [0.717, 1.165) is 26.9 Å². The molecule has 3 nitrogen and oxygen atoms in total. The Balaban J connectivity index is 1.95. The summed E-state index contributed by atoms with van der Waals surface area (Å²) >= 11 is 1.50. The number of nitrogens with one attached hydrogen (secondary N) is 1. The highest BCUT2D eigenvalue weighted by atomic mass is 32.2. The van der Waals surface area contributed by atoms with Crippen molar-refractivity contribution in [3.8, 4) is 5.75 Å². The van der Waals surface area contributed by atoms with Crippen molar-refractivity contribution < 1.29 is 9.53 Å². The summed E-state index contributed by atoms with van der Waals surface area (Å²) in [6.45, 7) is 4.50. The van der Waals surface area contributed by atoms with E-state index in [1.807, 2.05) is 62.4 Å². The van der Waals surface area contributed by atoms with Crippen molar-refractivity contribution in [2.45, 2.75) is 18.7 Å². The molecule has 1 heterocycles. The van der Waals surface area contributed by atoms with Gasteiger partial charge >= 0.3 is 0 Å². The molecule has 0 saturated heterocycles. The molecule has 4 heteroatoms. The number of fused-ring (bicyclic) bond motifs is 1. The number of carbonyl (C=O) groups excluding carboxylic acids is 1. The van der Waals surface area contributed by atoms with Crippen LogP contribution in [0.15, 0.2) is 64.0 Å². The molecule has 0 bridgehead atoms. The van der Waals surface area contributed by atoms with Crippen LogP contribution in [0.2, 0.25) is 0 Å². The van der Waals surface area contributed by atoms with E-state index in [9.17, 15) is 4.79 Å². The number of allylic oxidation sites excluding steroid dienone is 2. The predicted molar refractivity (Wildman–Crippen MR) is 90.6 cm³/mol. The number of thioether (sulfide) groups is 1. The van der Waals surface area contributed by atoms with Crippen LogP contribution in [0.1, 0.15) is 24.2 Å². The maximum absolute atomic E-state index is 12.7. The molecule has 1 N–H and O–H groups in total. The van der Waals surface area contributed by atoms with E-state index in [4.69, 9.17) is 4.74 Å². The summed E-state index contributed by atoms with van der Waals surface area (Å²) in [4.78, 5) is 14.4. The second-order valence-electron chi connectivity index (χ2n) is 4.94. The van der Waals surface area contributed by atoms with Crippen molar-refractivity contribution in [2.24, 2.45) is 0 Å². The van der Waals surface area contributed by atoms with Crippen molar-refractivity contribution >= 4 is 23.2 Å². The highest BCUT2D eigenvalue weighted by molar-refractivity contribution is 8.04. The summed E-state index contributed by atoms with van der Waals surface area (Å²) in [5.41, 5.74) is 2.51. The maximum Gasteiger partial charge on any atom is 0.201 e. The maximum atomic E-state index is 12.7. The number of rotatable bonds is 4. The van der Waals surface area contributed by atoms with Gasteiger partial charge in [0.25, 0.3) is 0 Å². The van der Waals surface area contributed by atoms with Gasteiger partial charge in [0.2, 0.25) is 5.78 Å². The molecule has 0 amide bonds. The van der Waals surface area contributed by atoms with Crippen LogP contribution in [0.5, 0.6) is 5.75 Å². The summed E-state index contributed by atoms with van der Waals surface area (Å²) in [7, 11) is 0. The molecule has 22 heavy (non-hydrogen) atoms. The normalized spacial score (nSPS) is 13.4. The first-order valence-electron chi connectivity index (χ1n) is 7.22. The fraction of sp³-hybridized carbons (Fsp3) is 0.167. The van der Waals surface area contributed by atoms with Gasteiger partial charge in [0.05, 0.1) is 17.2 Å². The second kappa shape index (κ2) is 6.28. The lowest BCUT2D eigenvalue weighted by molar-refractivity contribution is 0.104. The van der Waals surface area contributed by atoms with Gasteiger partial charge in [0.15, 0.2) is 0 Å². The summed E-state index contributed by atoms with van der Waals surface area (Å²) in [5.74, 6) is 0.862. The van der Waals surface area contributed by atoms with Crippen molar-refractivity contribution in [3.63, 3.8) is 0 Å². The minimum atomic E-state index is 0.0445. The summed E-state index contributed by atoms with van der Waals surface area (Å²) < 4.78 is 5.65. The zero-order valence-corrected chi connectivity index (χ0v) is 13.4. The molecule has 2 aromatic carbocycles. The van der Waals surface area contributed by atoms with Crippen LogP contribution in [0.25, 0.3) is 0 Å². The Morgan fingerprint density at radius 2 is 1.91 bits per heavy atom. The van der Waals surface area contributed by atoms with E-state index >= 15 is 0 Å². The minimum Gasteiger partial charge on any atom is -0.492 e. The van der Waals surface area contributed by atoms with Gasteiger partial charge in [-0.05, 0) is 26.0 Å². The average Bonchev–Trinajstić information content (AvgIpc) is 2.55. The Hall–Kier alpha value is -2.20. The monoisotopic (exact) mass is 311 g/mol. The van der Waals surface area contributed by atoms with Gasteiger partial charge in [0, 0.05) is 16.2 Å². The van der Waals surface area contributed by atoms with Crippen LogP contribution < -0.4 is 10.1 Å². The standard InChI is InChI=1S/C18H17NO2S/c1-3-21-14-10-7-11-15-16(14)19-12(2)18(22-15)17(20)13-8-5-4-6-9-13/h4-11,19H,3H2,1-2H3. The Labute approximate surface area is 134 Å². The number of anilines is 1. The first kappa shape index (κ1) is 14.7. The topological polar surface area (TPSA) is 38.3 Å². The Kier molecular flexibility index (Phi) is 4.20. The van der Waals surface area contributed by atoms with Crippen LogP contribution in [0.3, 0.4) is 0 Å². The minimum absolute atomic E-state index is 0.0445. The fourth-order valence-corrected chi connectivity index (χ4v) is 3.40. The van der Waals surface area contributed by atoms with Crippen LogP contribution in [-0.4, -0.2) is 12.4 Å². The lowest BCUT2D eigenvalue weighted by Crippen LogP contribution is -2.13. The van der Waals surface area contributed by atoms with E-state index in [0.29, 0.717) is 12.2 Å². The quantitative estimate of drug-likeness (QED) is 0.829. The molecule has 1 aliphatic rings. The van der Waals surface area contributed by atoms with Crippen LogP contribution in [-0.2, 0) is 0 Å². The summed E-state index contributed by atoms with van der Waals surface area (Å²) in [5, 5.41) is 3.33. The Bertz CT molecular complexity index is 738. The molecule has 0 fully saturated rings. The third-order valence-corrected chi connectivity index (χ3v) is 4.65. The largest absolute Gasteiger partial charge is 0.492 e. The van der Waals surface area contributed by atoms with E-state index in [2.05, 4.69) is 5.32 Å². The number of ether oxygens (including phenoxy) is 1. The first-order chi connectivity index (χ1) is 10.7. The summed E-state index contributed by atoms with van der Waals surface area (Å²) in [6, 6.07) is 15.2. The number of benzene rings is 2. The molecule has 0 radical (unpaired) electrons. The molecule has 0 aliphatic carbocycles. The average molecular weight is 311 g/mol. The smallest absolute Gasteiger partial charge is 0.201 e. The Morgan fingerprint density at radius 1 is 1.14 bits per heavy atom. The van der Waals surface area contributed by atoms with Crippen molar-refractivity contribution in [2.75, 3.05) is 11.9 Å². The van der Waals surface area contributed by atoms with Gasteiger partial charge < -0.3 is 10.1 Å². The van der Waals surface area contributed by atoms with Crippen molar-refractivity contribution in [3.05, 3.63) is 64.7 Å². The van der Waals surface area contributed by atoms with Gasteiger partial charge in [-0.2, -0.15) is 0 Å². The van der Waals surface area contributed by atoms with Crippen LogP contribution in [0, 0.1) is 0 Å². The van der Waals surface area contributed by atoms with Gasteiger partial charge in [-0.25, -0.2) is 0 Å². The molecule has 0 spiro atoms. The molecule has 112 valence electrons. The lowest BCUT2D eigenvalue weighted by atomic mass is 10.1. The number of para-hydroxylation sites is 1. The number of ketones is 1. The number of hydrogen-bond donors (Lipinski definition) is 1. The van der Waals surface area contributed by atoms with Crippen molar-refractivity contribution in [1.82, 2.24) is 0 Å². The zero-order valence-electron chi connectivity index (χ0n) is 12.6. The molecule has 0 atom stereocenters. The van der Waals surface area contributed by atoms with E-state index in [-0.39, 0.29) is 5.78 Å². The summed E-state index contributed by atoms with van der Waals surface area (Å²) in [6.07, 6.45) is 0. The molecule has 1 aliphatic heterocycles. The SMILES string of the molecule is CCOc1cccc2c1NC(C)=C(C(=O)c1ccccc1)S2. The highest BCUT2D eigenvalue weighted by Gasteiger charge is 2.24. The molecule has 0 aromatic heterocycles. The zero-order chi connectivity index (χ0) is 15.5. The number of carbonyl (C=O) groups is 1.